The van der Waals surface area contributed by atoms with Gasteiger partial charge in [0.2, 0.25) is 0 Å². The molecular weight excluding hydrogens is 369 g/mol. The van der Waals surface area contributed by atoms with Gasteiger partial charge in [0.05, 0.1) is 13.2 Å². The third-order valence-corrected chi connectivity index (χ3v) is 2.54. The number of rotatable bonds is 7. The lowest BCUT2D eigenvalue weighted by Crippen LogP contribution is -2.40. The normalized spacial score (nSPS) is 12.4. The fourth-order valence-corrected chi connectivity index (χ4v) is 1.63. The Morgan fingerprint density at radius 1 is 1.40 bits per heavy atom. The van der Waals surface area contributed by atoms with Crippen molar-refractivity contribution >= 4 is 29.9 Å². The van der Waals surface area contributed by atoms with E-state index in [4.69, 9.17) is 15.2 Å². The van der Waals surface area contributed by atoms with E-state index in [2.05, 4.69) is 10.3 Å². The van der Waals surface area contributed by atoms with Crippen LogP contribution in [-0.2, 0) is 4.74 Å². The number of guanidine groups is 1. The first-order chi connectivity index (χ1) is 9.13. The van der Waals surface area contributed by atoms with E-state index < -0.39 is 0 Å². The minimum atomic E-state index is 0. The van der Waals surface area contributed by atoms with E-state index in [9.17, 15) is 0 Å². The molecule has 0 amide bonds. The van der Waals surface area contributed by atoms with E-state index in [1.807, 2.05) is 38.1 Å². The lowest BCUT2D eigenvalue weighted by atomic mass is 10.2. The number of ether oxygens (including phenoxy) is 2. The van der Waals surface area contributed by atoms with Gasteiger partial charge in [-0.3, -0.25) is 0 Å². The van der Waals surface area contributed by atoms with Crippen molar-refractivity contribution < 1.29 is 9.47 Å². The number of para-hydroxylation sites is 1. The van der Waals surface area contributed by atoms with Gasteiger partial charge in [-0.15, -0.1) is 24.0 Å². The summed E-state index contributed by atoms with van der Waals surface area (Å²) >= 11 is 0. The van der Waals surface area contributed by atoms with E-state index in [1.54, 1.807) is 7.11 Å². The van der Waals surface area contributed by atoms with Crippen LogP contribution in [0.1, 0.15) is 12.5 Å². The van der Waals surface area contributed by atoms with Gasteiger partial charge >= 0.3 is 0 Å². The molecule has 0 saturated heterocycles. The van der Waals surface area contributed by atoms with Gasteiger partial charge in [-0.05, 0) is 25.5 Å². The minimum absolute atomic E-state index is 0. The first-order valence-electron chi connectivity index (χ1n) is 6.37. The van der Waals surface area contributed by atoms with Crippen LogP contribution < -0.4 is 15.8 Å². The van der Waals surface area contributed by atoms with Crippen LogP contribution in [0.5, 0.6) is 5.75 Å². The predicted octanol–water partition coefficient (Wildman–Crippen LogP) is 1.93. The van der Waals surface area contributed by atoms with Crippen LogP contribution in [0.4, 0.5) is 0 Å². The smallest absolute Gasteiger partial charge is 0.188 e. The summed E-state index contributed by atoms with van der Waals surface area (Å²) in [6.45, 7) is 5.62. The van der Waals surface area contributed by atoms with Crippen molar-refractivity contribution in [3.63, 3.8) is 0 Å². The molecule has 0 bridgehead atoms. The summed E-state index contributed by atoms with van der Waals surface area (Å²) in [5.41, 5.74) is 6.86. The third kappa shape index (κ3) is 7.54. The molecule has 1 aromatic carbocycles. The Hall–Kier alpha value is -1.02. The summed E-state index contributed by atoms with van der Waals surface area (Å²) in [7, 11) is 1.65. The van der Waals surface area contributed by atoms with Crippen molar-refractivity contribution in [2.45, 2.75) is 19.9 Å². The maximum Gasteiger partial charge on any atom is 0.188 e. The van der Waals surface area contributed by atoms with Gasteiger partial charge in [-0.2, -0.15) is 0 Å². The average molecular weight is 393 g/mol. The van der Waals surface area contributed by atoms with Crippen LogP contribution in [0.2, 0.25) is 0 Å². The topological polar surface area (TPSA) is 68.9 Å². The molecule has 1 aromatic rings. The zero-order valence-corrected chi connectivity index (χ0v) is 14.6. The van der Waals surface area contributed by atoms with Gasteiger partial charge in [0, 0.05) is 13.2 Å². The highest BCUT2D eigenvalue weighted by Gasteiger charge is 2.01. The molecule has 0 saturated carbocycles. The summed E-state index contributed by atoms with van der Waals surface area (Å²) in [5.74, 6) is 1.30. The largest absolute Gasteiger partial charge is 0.491 e. The Balaban J connectivity index is 0.00000361. The highest BCUT2D eigenvalue weighted by Crippen LogP contribution is 2.15. The molecule has 0 aliphatic heterocycles. The average Bonchev–Trinajstić information content (AvgIpc) is 2.36. The Morgan fingerprint density at radius 2 is 2.10 bits per heavy atom. The number of hydrogen-bond donors (Lipinski definition) is 2. The Kier molecular flexibility index (Phi) is 10.2. The molecule has 1 rings (SSSR count). The molecule has 0 heterocycles. The zero-order chi connectivity index (χ0) is 14.1. The molecule has 0 aromatic heterocycles. The maximum absolute atomic E-state index is 5.74. The second-order valence-corrected chi connectivity index (χ2v) is 4.38. The van der Waals surface area contributed by atoms with E-state index >= 15 is 0 Å². The number of nitrogens with one attached hydrogen (secondary N) is 1. The maximum atomic E-state index is 5.74. The molecule has 0 spiro atoms. The summed E-state index contributed by atoms with van der Waals surface area (Å²) < 4.78 is 10.6. The van der Waals surface area contributed by atoms with Crippen LogP contribution in [0, 0.1) is 6.92 Å². The molecule has 6 heteroatoms. The molecule has 114 valence electrons. The lowest BCUT2D eigenvalue weighted by Gasteiger charge is -2.13. The molecule has 5 nitrogen and oxygen atoms in total. The fraction of sp³-hybridized carbons (Fsp3) is 0.500. The molecule has 0 aliphatic rings. The van der Waals surface area contributed by atoms with Crippen LogP contribution in [0.25, 0.3) is 0 Å². The van der Waals surface area contributed by atoms with E-state index in [0.29, 0.717) is 25.7 Å². The van der Waals surface area contributed by atoms with Gasteiger partial charge in [0.15, 0.2) is 5.96 Å². The molecule has 0 radical (unpaired) electrons. The second kappa shape index (κ2) is 10.7. The first kappa shape index (κ1) is 19.0. The SMILES string of the molecule is COCC(C)NC(N)=NCCOc1ccccc1C.I. The minimum Gasteiger partial charge on any atom is -0.491 e. The number of aryl methyl sites for hydroxylation is 1. The van der Waals surface area contributed by atoms with E-state index in [-0.39, 0.29) is 30.0 Å². The van der Waals surface area contributed by atoms with Gasteiger partial charge in [-0.1, -0.05) is 18.2 Å². The van der Waals surface area contributed by atoms with Gasteiger partial charge < -0.3 is 20.5 Å². The number of methoxy groups -OCH3 is 1. The van der Waals surface area contributed by atoms with Gasteiger partial charge in [0.25, 0.3) is 0 Å². The number of hydrogen-bond acceptors (Lipinski definition) is 3. The Morgan fingerprint density at radius 3 is 2.75 bits per heavy atom. The molecule has 20 heavy (non-hydrogen) atoms. The van der Waals surface area contributed by atoms with Crippen LogP contribution in [-0.4, -0.2) is 38.9 Å². The number of benzene rings is 1. The highest BCUT2D eigenvalue weighted by atomic mass is 127. The molecule has 1 unspecified atom stereocenters. The summed E-state index contributed by atoms with van der Waals surface area (Å²) in [4.78, 5) is 4.19. The van der Waals surface area contributed by atoms with Crippen LogP contribution in [0.15, 0.2) is 29.3 Å². The number of nitrogens with two attached hydrogens (primary N) is 1. The predicted molar refractivity (Wildman–Crippen MR) is 93.1 cm³/mol. The van der Waals surface area contributed by atoms with Crippen molar-refractivity contribution in [3.8, 4) is 5.75 Å². The third-order valence-electron chi connectivity index (χ3n) is 2.54. The molecule has 0 fully saturated rings. The summed E-state index contributed by atoms with van der Waals surface area (Å²) in [6, 6.07) is 8.04. The zero-order valence-electron chi connectivity index (χ0n) is 12.3. The van der Waals surface area contributed by atoms with Crippen molar-refractivity contribution in [2.24, 2.45) is 10.7 Å². The Bertz CT molecular complexity index is 413. The quantitative estimate of drug-likeness (QED) is 0.322. The van der Waals surface area contributed by atoms with E-state index in [1.165, 1.54) is 0 Å². The second-order valence-electron chi connectivity index (χ2n) is 4.38. The number of nitrogens with zero attached hydrogens (tertiary/aromatic N) is 1. The first-order valence-corrected chi connectivity index (χ1v) is 6.37. The Labute approximate surface area is 138 Å². The van der Waals surface area contributed by atoms with Crippen LogP contribution in [0.3, 0.4) is 0 Å². The lowest BCUT2D eigenvalue weighted by molar-refractivity contribution is 0.179. The standard InChI is InChI=1S/C14H23N3O2.HI/c1-11-6-4-5-7-13(11)19-9-8-16-14(15)17-12(2)10-18-3;/h4-7,12H,8-10H2,1-3H3,(H3,15,16,17);1H. The summed E-state index contributed by atoms with van der Waals surface area (Å²) in [6.07, 6.45) is 0. The molecule has 0 aliphatic carbocycles. The van der Waals surface area contributed by atoms with Gasteiger partial charge in [0.1, 0.15) is 12.4 Å². The number of aliphatic imine (C=N–C) groups is 1. The monoisotopic (exact) mass is 393 g/mol. The fourth-order valence-electron chi connectivity index (χ4n) is 1.63. The highest BCUT2D eigenvalue weighted by molar-refractivity contribution is 14.0. The molecule has 3 N–H and O–H groups in total. The van der Waals surface area contributed by atoms with Crippen molar-refractivity contribution in [3.05, 3.63) is 29.8 Å². The van der Waals surface area contributed by atoms with Crippen LogP contribution >= 0.6 is 24.0 Å². The number of halogens is 1. The van der Waals surface area contributed by atoms with Crippen molar-refractivity contribution in [2.75, 3.05) is 26.9 Å². The van der Waals surface area contributed by atoms with Crippen molar-refractivity contribution in [1.82, 2.24) is 5.32 Å². The van der Waals surface area contributed by atoms with E-state index in [0.717, 1.165) is 11.3 Å². The van der Waals surface area contributed by atoms with Gasteiger partial charge in [-0.25, -0.2) is 4.99 Å². The summed E-state index contributed by atoms with van der Waals surface area (Å²) in [5, 5.41) is 3.04. The van der Waals surface area contributed by atoms with Crippen molar-refractivity contribution in [1.29, 1.82) is 0 Å². The molecule has 1 atom stereocenters. The molecular formula is C14H24IN3O2.